The van der Waals surface area contributed by atoms with E-state index in [1.54, 1.807) is 6.07 Å². The Morgan fingerprint density at radius 1 is 1.67 bits per heavy atom. The molecule has 0 fully saturated rings. The van der Waals surface area contributed by atoms with Crippen molar-refractivity contribution in [3.8, 4) is 0 Å². The first kappa shape index (κ1) is 12.4. The van der Waals surface area contributed by atoms with Gasteiger partial charge in [0.25, 0.3) is 0 Å². The fourth-order valence-electron chi connectivity index (χ4n) is 1.06. The molecule has 3 N–H and O–H groups in total. The lowest BCUT2D eigenvalue weighted by Crippen LogP contribution is -2.32. The Morgan fingerprint density at radius 2 is 2.27 bits per heavy atom. The molecule has 82 valence electrons. The average Bonchev–Trinajstić information content (AvgIpc) is 2.18. The van der Waals surface area contributed by atoms with Crippen molar-refractivity contribution in [2.24, 2.45) is 5.73 Å². The zero-order valence-corrected chi connectivity index (χ0v) is 9.85. The van der Waals surface area contributed by atoms with E-state index in [-0.39, 0.29) is 17.0 Å². The summed E-state index contributed by atoms with van der Waals surface area (Å²) in [5, 5.41) is 8.55. The van der Waals surface area contributed by atoms with Gasteiger partial charge in [-0.15, -0.1) is 0 Å². The van der Waals surface area contributed by atoms with Gasteiger partial charge in [-0.1, -0.05) is 27.5 Å². The highest BCUT2D eigenvalue weighted by Crippen LogP contribution is 2.26. The van der Waals surface area contributed by atoms with Crippen LogP contribution in [0.3, 0.4) is 0 Å². The van der Waals surface area contributed by atoms with E-state index in [1.165, 1.54) is 6.07 Å². The third-order valence-corrected chi connectivity index (χ3v) is 2.92. The highest BCUT2D eigenvalue weighted by atomic mass is 79.9. The number of nitrogens with two attached hydrogens (primary N) is 1. The van der Waals surface area contributed by atoms with Crippen LogP contribution >= 0.6 is 27.5 Å². The van der Waals surface area contributed by atoms with E-state index in [4.69, 9.17) is 22.4 Å². The molecule has 0 aliphatic rings. The highest BCUT2D eigenvalue weighted by Gasteiger charge is 2.18. The Kier molecular flexibility index (Phi) is 4.07. The van der Waals surface area contributed by atoms with E-state index in [2.05, 4.69) is 15.9 Å². The Bertz CT molecular complexity index is 400. The third kappa shape index (κ3) is 2.90. The van der Waals surface area contributed by atoms with Crippen molar-refractivity contribution in [3.05, 3.63) is 33.0 Å². The van der Waals surface area contributed by atoms with Gasteiger partial charge in [0.2, 0.25) is 0 Å². The quantitative estimate of drug-likeness (QED) is 0.841. The topological polar surface area (TPSA) is 63.3 Å². The smallest absolute Gasteiger partial charge is 0.320 e. The van der Waals surface area contributed by atoms with Crippen molar-refractivity contribution in [2.75, 3.05) is 0 Å². The summed E-state index contributed by atoms with van der Waals surface area (Å²) in [5.74, 6) is -1.82. The van der Waals surface area contributed by atoms with Crippen LogP contribution < -0.4 is 5.73 Å². The lowest BCUT2D eigenvalue weighted by molar-refractivity contribution is -0.138. The molecule has 1 aromatic rings. The molecule has 15 heavy (non-hydrogen) atoms. The number of carbonyl (C=O) groups is 1. The summed E-state index contributed by atoms with van der Waals surface area (Å²) >= 11 is 8.68. The van der Waals surface area contributed by atoms with E-state index in [0.717, 1.165) is 0 Å². The first-order valence-corrected chi connectivity index (χ1v) is 5.21. The van der Waals surface area contributed by atoms with E-state index < -0.39 is 17.8 Å². The SMILES string of the molecule is NC(Cc1c(Br)ccc(Cl)c1F)C(=O)O. The van der Waals surface area contributed by atoms with E-state index in [9.17, 15) is 9.18 Å². The minimum atomic E-state index is -1.18. The van der Waals surface area contributed by atoms with Gasteiger partial charge < -0.3 is 10.8 Å². The molecular weight excluding hydrogens is 288 g/mol. The summed E-state index contributed by atoms with van der Waals surface area (Å²) in [6.07, 6.45) is -0.109. The molecule has 1 unspecified atom stereocenters. The monoisotopic (exact) mass is 295 g/mol. The van der Waals surface area contributed by atoms with Crippen LogP contribution in [-0.4, -0.2) is 17.1 Å². The number of hydrogen-bond acceptors (Lipinski definition) is 2. The van der Waals surface area contributed by atoms with Crippen molar-refractivity contribution < 1.29 is 14.3 Å². The second-order valence-electron chi connectivity index (χ2n) is 2.97. The van der Waals surface area contributed by atoms with E-state index in [1.807, 2.05) is 0 Å². The lowest BCUT2D eigenvalue weighted by atomic mass is 10.1. The summed E-state index contributed by atoms with van der Waals surface area (Å²) in [4.78, 5) is 10.5. The van der Waals surface area contributed by atoms with Crippen LogP contribution in [0.25, 0.3) is 0 Å². The van der Waals surface area contributed by atoms with Gasteiger partial charge >= 0.3 is 5.97 Å². The molecule has 1 rings (SSSR count). The van der Waals surface area contributed by atoms with Crippen molar-refractivity contribution in [1.82, 2.24) is 0 Å². The van der Waals surface area contributed by atoms with Crippen LogP contribution in [0.5, 0.6) is 0 Å². The number of benzene rings is 1. The second-order valence-corrected chi connectivity index (χ2v) is 4.23. The minimum absolute atomic E-state index is 0.0502. The zero-order chi connectivity index (χ0) is 11.6. The van der Waals surface area contributed by atoms with Crippen LogP contribution in [0, 0.1) is 5.82 Å². The number of halogens is 3. The molecule has 3 nitrogen and oxygen atoms in total. The van der Waals surface area contributed by atoms with Crippen LogP contribution in [-0.2, 0) is 11.2 Å². The zero-order valence-electron chi connectivity index (χ0n) is 7.51. The fraction of sp³-hybridized carbons (Fsp3) is 0.222. The van der Waals surface area contributed by atoms with Gasteiger partial charge in [0, 0.05) is 16.5 Å². The molecule has 0 saturated carbocycles. The molecule has 0 aromatic heterocycles. The molecule has 6 heteroatoms. The van der Waals surface area contributed by atoms with Gasteiger partial charge in [-0.2, -0.15) is 0 Å². The van der Waals surface area contributed by atoms with E-state index >= 15 is 0 Å². The maximum absolute atomic E-state index is 13.5. The molecule has 1 atom stereocenters. The van der Waals surface area contributed by atoms with Crippen molar-refractivity contribution >= 4 is 33.5 Å². The molecule has 0 aliphatic heterocycles. The summed E-state index contributed by atoms with van der Waals surface area (Å²) in [6.45, 7) is 0. The molecule has 0 aliphatic carbocycles. The van der Waals surface area contributed by atoms with Gasteiger partial charge in [-0.3, -0.25) is 4.79 Å². The van der Waals surface area contributed by atoms with Gasteiger partial charge in [0.15, 0.2) is 0 Å². The van der Waals surface area contributed by atoms with Crippen LogP contribution in [0.2, 0.25) is 5.02 Å². The van der Waals surface area contributed by atoms with E-state index in [0.29, 0.717) is 4.47 Å². The predicted molar refractivity (Wildman–Crippen MR) is 58.4 cm³/mol. The van der Waals surface area contributed by atoms with Crippen molar-refractivity contribution in [1.29, 1.82) is 0 Å². The molecule has 0 amide bonds. The summed E-state index contributed by atoms with van der Waals surface area (Å²) in [6, 6.07) is 1.79. The Labute approximate surface area is 99.2 Å². The molecule has 0 saturated heterocycles. The van der Waals surface area contributed by atoms with Gasteiger partial charge in [0.1, 0.15) is 11.9 Å². The van der Waals surface area contributed by atoms with Gasteiger partial charge in [0.05, 0.1) is 5.02 Å². The number of carboxylic acid groups (broad SMARTS) is 1. The van der Waals surface area contributed by atoms with Gasteiger partial charge in [-0.25, -0.2) is 4.39 Å². The maximum Gasteiger partial charge on any atom is 0.320 e. The van der Waals surface area contributed by atoms with Crippen molar-refractivity contribution in [2.45, 2.75) is 12.5 Å². The number of aliphatic carboxylic acids is 1. The molecule has 1 aromatic carbocycles. The number of carboxylic acids is 1. The van der Waals surface area contributed by atoms with Gasteiger partial charge in [-0.05, 0) is 12.1 Å². The standard InChI is InChI=1S/C9H8BrClFNO2/c10-5-1-2-6(11)8(12)4(5)3-7(13)9(14)15/h1-2,7H,3,13H2,(H,14,15). The predicted octanol–water partition coefficient (Wildman–Crippen LogP) is 2.20. The van der Waals surface area contributed by atoms with Crippen molar-refractivity contribution in [3.63, 3.8) is 0 Å². The largest absolute Gasteiger partial charge is 0.480 e. The Morgan fingerprint density at radius 3 is 2.80 bits per heavy atom. The fourth-order valence-corrected chi connectivity index (χ4v) is 1.71. The summed E-state index contributed by atoms with van der Waals surface area (Å²) in [5.41, 5.74) is 5.48. The molecule has 0 heterocycles. The van der Waals surface area contributed by atoms with Crippen LogP contribution in [0.1, 0.15) is 5.56 Å². The Hall–Kier alpha value is -0.650. The maximum atomic E-state index is 13.5. The summed E-state index contributed by atoms with van der Waals surface area (Å²) in [7, 11) is 0. The molecular formula is C9H8BrClFNO2. The second kappa shape index (κ2) is 4.92. The summed E-state index contributed by atoms with van der Waals surface area (Å²) < 4.78 is 13.9. The number of hydrogen-bond donors (Lipinski definition) is 2. The normalized spacial score (nSPS) is 12.5. The first-order chi connectivity index (χ1) is 6.93. The highest BCUT2D eigenvalue weighted by molar-refractivity contribution is 9.10. The first-order valence-electron chi connectivity index (χ1n) is 4.04. The van der Waals surface area contributed by atoms with Crippen LogP contribution in [0.4, 0.5) is 4.39 Å². The minimum Gasteiger partial charge on any atom is -0.480 e. The third-order valence-electron chi connectivity index (χ3n) is 1.88. The molecule has 0 spiro atoms. The average molecular weight is 297 g/mol. The molecule has 0 bridgehead atoms. The Balaban J connectivity index is 3.03. The van der Waals surface area contributed by atoms with Crippen LogP contribution in [0.15, 0.2) is 16.6 Å². The molecule has 0 radical (unpaired) electrons. The number of rotatable bonds is 3. The lowest BCUT2D eigenvalue weighted by Gasteiger charge is -2.10.